The maximum atomic E-state index is 5.41. The lowest BCUT2D eigenvalue weighted by atomic mass is 9.96. The summed E-state index contributed by atoms with van der Waals surface area (Å²) in [6, 6.07) is 0. The minimum absolute atomic E-state index is 0.522. The van der Waals surface area contributed by atoms with Crippen LogP contribution in [0.25, 0.3) is 0 Å². The van der Waals surface area contributed by atoms with Gasteiger partial charge in [-0.15, -0.1) is 0 Å². The van der Waals surface area contributed by atoms with Crippen molar-refractivity contribution in [3.05, 3.63) is 12.8 Å². The Morgan fingerprint density at radius 3 is 2.70 bits per heavy atom. The molecule has 0 atom stereocenters. The van der Waals surface area contributed by atoms with Gasteiger partial charge in [0, 0.05) is 0 Å². The van der Waals surface area contributed by atoms with Crippen molar-refractivity contribution in [2.45, 2.75) is 25.4 Å². The topological polar surface area (TPSA) is 18.5 Å². The molecule has 0 aromatic rings. The molecule has 1 aliphatic rings. The minimum Gasteiger partial charge on any atom is -0.499 e. The normalized spacial score (nSPS) is 18.0. The van der Waals surface area contributed by atoms with Crippen LogP contribution in [0.3, 0.4) is 0 Å². The van der Waals surface area contributed by atoms with Gasteiger partial charge in [0.25, 0.3) is 0 Å². The smallest absolute Gasteiger partial charge is 0.111 e. The van der Waals surface area contributed by atoms with E-state index in [0.717, 1.165) is 0 Å². The number of rotatable bonds is 5. The van der Waals surface area contributed by atoms with Crippen LogP contribution in [0.1, 0.15) is 19.3 Å². The number of hydrogen-bond acceptors (Lipinski definition) is 2. The van der Waals surface area contributed by atoms with Crippen LogP contribution in [0.4, 0.5) is 0 Å². The zero-order chi connectivity index (χ0) is 7.23. The third-order valence-corrected chi connectivity index (χ3v) is 1.72. The van der Waals surface area contributed by atoms with Gasteiger partial charge >= 0.3 is 0 Å². The van der Waals surface area contributed by atoms with Crippen LogP contribution in [0.15, 0.2) is 12.8 Å². The molecule has 2 nitrogen and oxygen atoms in total. The Kier molecular flexibility index (Phi) is 3.30. The molecule has 1 aliphatic carbocycles. The van der Waals surface area contributed by atoms with Crippen LogP contribution in [-0.4, -0.2) is 19.3 Å². The summed E-state index contributed by atoms with van der Waals surface area (Å²) in [5, 5.41) is 0. The predicted octanol–water partition coefficient (Wildman–Crippen LogP) is 1.72. The zero-order valence-corrected chi connectivity index (χ0v) is 6.21. The molecule has 0 unspecified atom stereocenters. The van der Waals surface area contributed by atoms with Gasteiger partial charge in [0.15, 0.2) is 0 Å². The summed E-state index contributed by atoms with van der Waals surface area (Å²) in [6.07, 6.45) is 5.76. The minimum atomic E-state index is 0.522. The fourth-order valence-electron chi connectivity index (χ4n) is 0.884. The standard InChI is InChI=1S/C8H14O2/c1-2-9-6-7-10-8-4-3-5-8/h2,8H,1,3-7H2. The highest BCUT2D eigenvalue weighted by Crippen LogP contribution is 2.21. The van der Waals surface area contributed by atoms with E-state index in [1.165, 1.54) is 25.5 Å². The second kappa shape index (κ2) is 4.34. The van der Waals surface area contributed by atoms with Crippen LogP contribution in [0, 0.1) is 0 Å². The Morgan fingerprint density at radius 1 is 1.40 bits per heavy atom. The molecule has 0 aromatic carbocycles. The van der Waals surface area contributed by atoms with Crippen molar-refractivity contribution in [3.63, 3.8) is 0 Å². The van der Waals surface area contributed by atoms with Crippen molar-refractivity contribution >= 4 is 0 Å². The molecule has 1 rings (SSSR count). The molecule has 0 amide bonds. The third kappa shape index (κ3) is 2.40. The Balaban J connectivity index is 1.80. The molecule has 0 bridgehead atoms. The first-order valence-corrected chi connectivity index (χ1v) is 3.77. The Morgan fingerprint density at radius 2 is 2.20 bits per heavy atom. The molecule has 0 spiro atoms. The van der Waals surface area contributed by atoms with Gasteiger partial charge in [-0.3, -0.25) is 0 Å². The SMILES string of the molecule is C=COCCOC1CCC1. The summed E-state index contributed by atoms with van der Waals surface area (Å²) < 4.78 is 10.3. The monoisotopic (exact) mass is 142 g/mol. The molecular weight excluding hydrogens is 128 g/mol. The summed E-state index contributed by atoms with van der Waals surface area (Å²) in [5.41, 5.74) is 0. The van der Waals surface area contributed by atoms with E-state index >= 15 is 0 Å². The molecule has 1 saturated carbocycles. The fraction of sp³-hybridized carbons (Fsp3) is 0.750. The lowest BCUT2D eigenvalue weighted by Gasteiger charge is -2.25. The molecular formula is C8H14O2. The summed E-state index contributed by atoms with van der Waals surface area (Å²) in [5.74, 6) is 0. The van der Waals surface area contributed by atoms with E-state index in [2.05, 4.69) is 6.58 Å². The quantitative estimate of drug-likeness (QED) is 0.430. The average Bonchev–Trinajstić information content (AvgIpc) is 1.84. The Bertz CT molecular complexity index is 97.4. The second-order valence-corrected chi connectivity index (χ2v) is 2.46. The molecule has 10 heavy (non-hydrogen) atoms. The highest BCUT2D eigenvalue weighted by molar-refractivity contribution is 4.68. The van der Waals surface area contributed by atoms with E-state index < -0.39 is 0 Å². The summed E-state index contributed by atoms with van der Waals surface area (Å²) in [7, 11) is 0. The van der Waals surface area contributed by atoms with E-state index in [-0.39, 0.29) is 0 Å². The number of hydrogen-bond donors (Lipinski definition) is 0. The van der Waals surface area contributed by atoms with E-state index in [0.29, 0.717) is 19.3 Å². The van der Waals surface area contributed by atoms with Crippen LogP contribution in [0.5, 0.6) is 0 Å². The van der Waals surface area contributed by atoms with Crippen LogP contribution >= 0.6 is 0 Å². The summed E-state index contributed by atoms with van der Waals surface area (Å²) >= 11 is 0. The second-order valence-electron chi connectivity index (χ2n) is 2.46. The molecule has 0 N–H and O–H groups in total. The largest absolute Gasteiger partial charge is 0.499 e. The van der Waals surface area contributed by atoms with Gasteiger partial charge < -0.3 is 9.47 Å². The van der Waals surface area contributed by atoms with Gasteiger partial charge in [-0.05, 0) is 19.3 Å². The van der Waals surface area contributed by atoms with Crippen molar-refractivity contribution in [2.24, 2.45) is 0 Å². The van der Waals surface area contributed by atoms with Crippen molar-refractivity contribution in [1.29, 1.82) is 0 Å². The fourth-order valence-corrected chi connectivity index (χ4v) is 0.884. The van der Waals surface area contributed by atoms with Crippen molar-refractivity contribution in [2.75, 3.05) is 13.2 Å². The van der Waals surface area contributed by atoms with Crippen LogP contribution in [-0.2, 0) is 9.47 Å². The van der Waals surface area contributed by atoms with Crippen LogP contribution in [0.2, 0.25) is 0 Å². The van der Waals surface area contributed by atoms with Crippen molar-refractivity contribution in [3.8, 4) is 0 Å². The zero-order valence-electron chi connectivity index (χ0n) is 6.21. The maximum Gasteiger partial charge on any atom is 0.111 e. The molecule has 1 fully saturated rings. The van der Waals surface area contributed by atoms with Crippen LogP contribution < -0.4 is 0 Å². The molecule has 0 heterocycles. The van der Waals surface area contributed by atoms with Gasteiger partial charge in [0.1, 0.15) is 6.61 Å². The highest BCUT2D eigenvalue weighted by atomic mass is 16.5. The molecule has 0 aliphatic heterocycles. The van der Waals surface area contributed by atoms with Gasteiger partial charge in [-0.2, -0.15) is 0 Å². The van der Waals surface area contributed by atoms with Crippen molar-refractivity contribution in [1.82, 2.24) is 0 Å². The summed E-state index contributed by atoms with van der Waals surface area (Å²) in [4.78, 5) is 0. The van der Waals surface area contributed by atoms with Gasteiger partial charge in [-0.25, -0.2) is 0 Å². The third-order valence-electron chi connectivity index (χ3n) is 1.72. The predicted molar refractivity (Wildman–Crippen MR) is 39.7 cm³/mol. The number of ether oxygens (including phenoxy) is 2. The van der Waals surface area contributed by atoms with Gasteiger partial charge in [-0.1, -0.05) is 6.58 Å². The molecule has 2 heteroatoms. The van der Waals surface area contributed by atoms with Gasteiger partial charge in [0.2, 0.25) is 0 Å². The first-order valence-electron chi connectivity index (χ1n) is 3.77. The van der Waals surface area contributed by atoms with E-state index in [4.69, 9.17) is 9.47 Å². The van der Waals surface area contributed by atoms with E-state index in [1.807, 2.05) is 0 Å². The summed E-state index contributed by atoms with van der Waals surface area (Å²) in [6.45, 7) is 4.78. The Labute approximate surface area is 61.8 Å². The molecule has 0 radical (unpaired) electrons. The Hall–Kier alpha value is -0.500. The lowest BCUT2D eigenvalue weighted by molar-refractivity contribution is -0.0159. The van der Waals surface area contributed by atoms with E-state index in [1.54, 1.807) is 0 Å². The molecule has 0 aromatic heterocycles. The lowest BCUT2D eigenvalue weighted by Crippen LogP contribution is -2.23. The highest BCUT2D eigenvalue weighted by Gasteiger charge is 2.16. The average molecular weight is 142 g/mol. The first kappa shape index (κ1) is 7.61. The van der Waals surface area contributed by atoms with Gasteiger partial charge in [0.05, 0.1) is 19.0 Å². The molecule has 58 valence electrons. The first-order chi connectivity index (χ1) is 4.93. The van der Waals surface area contributed by atoms with E-state index in [9.17, 15) is 0 Å². The maximum absolute atomic E-state index is 5.41. The van der Waals surface area contributed by atoms with Crippen molar-refractivity contribution < 1.29 is 9.47 Å². The molecule has 0 saturated heterocycles.